The zero-order valence-electron chi connectivity index (χ0n) is 11.7. The third-order valence-corrected chi connectivity index (χ3v) is 2.59. The summed E-state index contributed by atoms with van der Waals surface area (Å²) in [5.74, 6) is 0.718. The summed E-state index contributed by atoms with van der Waals surface area (Å²) < 4.78 is 5.47. The Balaban J connectivity index is 2.21. The second kappa shape index (κ2) is 7.76. The minimum atomic E-state index is -0.643. The number of benzene rings is 1. The van der Waals surface area contributed by atoms with Gasteiger partial charge in [0.05, 0.1) is 6.54 Å². The summed E-state index contributed by atoms with van der Waals surface area (Å²) in [4.78, 5) is 12.8. The first-order valence-electron chi connectivity index (χ1n) is 6.27. The van der Waals surface area contributed by atoms with Gasteiger partial charge in [0.25, 0.3) is 0 Å². The molecular formula is C14H22N2O3. The lowest BCUT2D eigenvalue weighted by Gasteiger charge is -2.15. The number of carbonyl (C=O) groups excluding carboxylic acids is 1. The Morgan fingerprint density at radius 1 is 1.47 bits per heavy atom. The molecule has 0 radical (unpaired) electrons. The van der Waals surface area contributed by atoms with Gasteiger partial charge in [-0.1, -0.05) is 12.1 Å². The Hall–Kier alpha value is -1.59. The van der Waals surface area contributed by atoms with E-state index in [1.54, 1.807) is 14.1 Å². The molecule has 0 heterocycles. The fourth-order valence-electron chi connectivity index (χ4n) is 1.46. The highest BCUT2D eigenvalue weighted by Crippen LogP contribution is 2.12. The molecule has 0 aliphatic rings. The van der Waals surface area contributed by atoms with Gasteiger partial charge in [0, 0.05) is 20.6 Å². The van der Waals surface area contributed by atoms with Gasteiger partial charge in [0.15, 0.2) is 0 Å². The number of ether oxygens (including phenoxy) is 1. The topological polar surface area (TPSA) is 61.8 Å². The molecule has 0 aliphatic carbocycles. The summed E-state index contributed by atoms with van der Waals surface area (Å²) in [6.07, 6.45) is -0.643. The highest BCUT2D eigenvalue weighted by molar-refractivity contribution is 5.77. The molecule has 2 N–H and O–H groups in total. The van der Waals surface area contributed by atoms with Crippen molar-refractivity contribution >= 4 is 5.91 Å². The normalized spacial score (nSPS) is 12.0. The Bertz CT molecular complexity index is 407. The highest BCUT2D eigenvalue weighted by Gasteiger charge is 2.07. The SMILES string of the molecule is Cc1cccc(OCC(O)CNCC(=O)N(C)C)c1. The third-order valence-electron chi connectivity index (χ3n) is 2.59. The molecule has 5 nitrogen and oxygen atoms in total. The largest absolute Gasteiger partial charge is 0.491 e. The molecule has 0 fully saturated rings. The molecule has 0 aliphatic heterocycles. The number of aryl methyl sites for hydroxylation is 1. The van der Waals surface area contributed by atoms with Crippen molar-refractivity contribution in [2.24, 2.45) is 0 Å². The predicted molar refractivity (Wildman–Crippen MR) is 74.2 cm³/mol. The molecule has 1 rings (SSSR count). The average Bonchev–Trinajstić information content (AvgIpc) is 2.36. The smallest absolute Gasteiger partial charge is 0.236 e. The molecule has 1 unspecified atom stereocenters. The molecule has 1 atom stereocenters. The minimum absolute atomic E-state index is 0.0215. The molecule has 19 heavy (non-hydrogen) atoms. The summed E-state index contributed by atoms with van der Waals surface area (Å²) in [6.45, 7) is 2.73. The predicted octanol–water partition coefficient (Wildman–Crippen LogP) is 0.413. The van der Waals surface area contributed by atoms with Crippen molar-refractivity contribution < 1.29 is 14.6 Å². The summed E-state index contributed by atoms with van der Waals surface area (Å²) in [5, 5.41) is 12.6. The average molecular weight is 266 g/mol. The Morgan fingerprint density at radius 2 is 2.21 bits per heavy atom. The van der Waals surface area contributed by atoms with Gasteiger partial charge >= 0.3 is 0 Å². The number of aliphatic hydroxyl groups is 1. The number of rotatable bonds is 7. The van der Waals surface area contributed by atoms with E-state index in [2.05, 4.69) is 5.32 Å². The fourth-order valence-corrected chi connectivity index (χ4v) is 1.46. The fraction of sp³-hybridized carbons (Fsp3) is 0.500. The van der Waals surface area contributed by atoms with E-state index in [1.165, 1.54) is 4.90 Å². The summed E-state index contributed by atoms with van der Waals surface area (Å²) in [5.41, 5.74) is 1.11. The molecule has 0 saturated heterocycles. The number of nitrogens with one attached hydrogen (secondary N) is 1. The lowest BCUT2D eigenvalue weighted by atomic mass is 10.2. The molecule has 1 amide bonds. The first-order chi connectivity index (χ1) is 8.99. The van der Waals surface area contributed by atoms with Crippen LogP contribution in [0.15, 0.2) is 24.3 Å². The second-order valence-corrected chi connectivity index (χ2v) is 4.70. The summed E-state index contributed by atoms with van der Waals surface area (Å²) in [6, 6.07) is 7.65. The van der Waals surface area contributed by atoms with Gasteiger partial charge in [-0.2, -0.15) is 0 Å². The van der Waals surface area contributed by atoms with Crippen LogP contribution in [-0.2, 0) is 4.79 Å². The summed E-state index contributed by atoms with van der Waals surface area (Å²) in [7, 11) is 3.39. The maximum Gasteiger partial charge on any atom is 0.236 e. The standard InChI is InChI=1S/C14H22N2O3/c1-11-5-4-6-13(7-11)19-10-12(17)8-15-9-14(18)16(2)3/h4-7,12,15,17H,8-10H2,1-3H3. The molecule has 0 spiro atoms. The first-order valence-corrected chi connectivity index (χ1v) is 6.27. The van der Waals surface area contributed by atoms with E-state index >= 15 is 0 Å². The molecule has 106 valence electrons. The van der Waals surface area contributed by atoms with E-state index in [9.17, 15) is 9.90 Å². The van der Waals surface area contributed by atoms with E-state index in [1.807, 2.05) is 31.2 Å². The second-order valence-electron chi connectivity index (χ2n) is 4.70. The van der Waals surface area contributed by atoms with Crippen molar-refractivity contribution in [2.45, 2.75) is 13.0 Å². The zero-order chi connectivity index (χ0) is 14.3. The van der Waals surface area contributed by atoms with E-state index < -0.39 is 6.10 Å². The van der Waals surface area contributed by atoms with Gasteiger partial charge < -0.3 is 20.1 Å². The Morgan fingerprint density at radius 3 is 2.84 bits per heavy atom. The van der Waals surface area contributed by atoms with Crippen LogP contribution in [0.4, 0.5) is 0 Å². The van der Waals surface area contributed by atoms with Crippen LogP contribution in [0.25, 0.3) is 0 Å². The van der Waals surface area contributed by atoms with Crippen molar-refractivity contribution in [3.05, 3.63) is 29.8 Å². The van der Waals surface area contributed by atoms with Crippen molar-refractivity contribution in [1.29, 1.82) is 0 Å². The molecule has 5 heteroatoms. The lowest BCUT2D eigenvalue weighted by molar-refractivity contribution is -0.127. The van der Waals surface area contributed by atoms with Crippen molar-refractivity contribution in [1.82, 2.24) is 10.2 Å². The van der Waals surface area contributed by atoms with Crippen LogP contribution in [0.1, 0.15) is 5.56 Å². The van der Waals surface area contributed by atoms with Crippen LogP contribution in [0, 0.1) is 6.92 Å². The molecule has 0 saturated carbocycles. The minimum Gasteiger partial charge on any atom is -0.491 e. The number of nitrogens with zero attached hydrogens (tertiary/aromatic N) is 1. The maximum absolute atomic E-state index is 11.3. The van der Waals surface area contributed by atoms with Crippen LogP contribution in [-0.4, -0.2) is 55.8 Å². The van der Waals surface area contributed by atoms with Crippen LogP contribution >= 0.6 is 0 Å². The van der Waals surface area contributed by atoms with E-state index in [4.69, 9.17) is 4.74 Å². The third kappa shape index (κ3) is 6.22. The van der Waals surface area contributed by atoms with Gasteiger partial charge in [-0.05, 0) is 24.6 Å². The van der Waals surface area contributed by atoms with Crippen LogP contribution in [0.2, 0.25) is 0 Å². The van der Waals surface area contributed by atoms with Crippen molar-refractivity contribution in [3.63, 3.8) is 0 Å². The maximum atomic E-state index is 11.3. The summed E-state index contributed by atoms with van der Waals surface area (Å²) >= 11 is 0. The number of likely N-dealkylation sites (N-methyl/N-ethyl adjacent to an activating group) is 1. The molecule has 1 aromatic rings. The van der Waals surface area contributed by atoms with Crippen molar-refractivity contribution in [3.8, 4) is 5.75 Å². The Kier molecular flexibility index (Phi) is 6.32. The molecular weight excluding hydrogens is 244 g/mol. The van der Waals surface area contributed by atoms with Gasteiger partial charge in [0.2, 0.25) is 5.91 Å². The first kappa shape index (κ1) is 15.5. The molecule has 0 bridgehead atoms. The van der Waals surface area contributed by atoms with Gasteiger partial charge in [-0.15, -0.1) is 0 Å². The van der Waals surface area contributed by atoms with Gasteiger partial charge in [-0.25, -0.2) is 0 Å². The zero-order valence-corrected chi connectivity index (χ0v) is 11.7. The lowest BCUT2D eigenvalue weighted by Crippen LogP contribution is -2.38. The van der Waals surface area contributed by atoms with Crippen LogP contribution in [0.5, 0.6) is 5.75 Å². The van der Waals surface area contributed by atoms with Gasteiger partial charge in [0.1, 0.15) is 18.5 Å². The highest BCUT2D eigenvalue weighted by atomic mass is 16.5. The monoisotopic (exact) mass is 266 g/mol. The van der Waals surface area contributed by atoms with E-state index in [0.717, 1.165) is 11.3 Å². The van der Waals surface area contributed by atoms with E-state index in [0.29, 0.717) is 6.54 Å². The number of hydrogen-bond donors (Lipinski definition) is 2. The van der Waals surface area contributed by atoms with Crippen LogP contribution < -0.4 is 10.1 Å². The van der Waals surface area contributed by atoms with Crippen molar-refractivity contribution in [2.75, 3.05) is 33.8 Å². The number of amides is 1. The molecule has 0 aromatic heterocycles. The van der Waals surface area contributed by atoms with E-state index in [-0.39, 0.29) is 19.1 Å². The number of carbonyl (C=O) groups is 1. The van der Waals surface area contributed by atoms with Crippen LogP contribution in [0.3, 0.4) is 0 Å². The number of hydrogen-bond acceptors (Lipinski definition) is 4. The Labute approximate surface area is 114 Å². The number of aliphatic hydroxyl groups excluding tert-OH is 1. The molecule has 1 aromatic carbocycles. The van der Waals surface area contributed by atoms with Gasteiger partial charge in [-0.3, -0.25) is 4.79 Å². The quantitative estimate of drug-likeness (QED) is 0.750.